The normalized spacial score (nSPS) is 36.5. The summed E-state index contributed by atoms with van der Waals surface area (Å²) >= 11 is 1.40. The molecule has 5 aliphatic heterocycles. The van der Waals surface area contributed by atoms with E-state index in [1.807, 2.05) is 0 Å². The Labute approximate surface area is 259 Å². The molecule has 2 aromatic heterocycles. The zero-order chi connectivity index (χ0) is 32.2. The number of carbonyl (C=O) groups is 1. The molecule has 45 heavy (non-hydrogen) atoms. The maximum atomic E-state index is 13.5. The molecule has 5 saturated heterocycles. The smallest absolute Gasteiger partial charge is 0.330 e. The number of fused-ring (bicyclic) bond motifs is 2. The number of hydrogen-bond donors (Lipinski definition) is 2. The van der Waals surface area contributed by atoms with Gasteiger partial charge in [0.25, 0.3) is 11.1 Å². The molecule has 9 atom stereocenters. The lowest BCUT2D eigenvalue weighted by Gasteiger charge is -2.34. The van der Waals surface area contributed by atoms with Gasteiger partial charge in [-0.25, -0.2) is 9.59 Å². The summed E-state index contributed by atoms with van der Waals surface area (Å²) in [6, 6.07) is 0. The summed E-state index contributed by atoms with van der Waals surface area (Å²) in [5.74, 6) is -2.03. The standard InChI is InChI=1S/C28H35N5O11S/c1-11-8-31(25(37)29-20(11)35)22-17-16(41-27(3,4)42-17)13(39-22)7-15-33(14(34)10-45-15)24-19-18(43-28(5,6)44-19)23(40-24)32-9-12(2)21(36)30-26(32)38/h8-9,13,15-19,22-24H,7,10H2,1-6H3,(H,29,35,37)(H,30,36,38)/t13-,15-,16-,17-,18-,19+,22-,23-,24+/m1/s1. The molecule has 244 valence electrons. The summed E-state index contributed by atoms with van der Waals surface area (Å²) in [5.41, 5.74) is -1.67. The monoisotopic (exact) mass is 649 g/mol. The van der Waals surface area contributed by atoms with Gasteiger partial charge in [-0.2, -0.15) is 0 Å². The third kappa shape index (κ3) is 5.14. The van der Waals surface area contributed by atoms with E-state index in [1.54, 1.807) is 46.4 Å². The van der Waals surface area contributed by atoms with Crippen molar-refractivity contribution in [3.8, 4) is 0 Å². The van der Waals surface area contributed by atoms with Crippen LogP contribution < -0.4 is 22.5 Å². The molecule has 5 aliphatic rings. The third-order valence-corrected chi connectivity index (χ3v) is 9.89. The van der Waals surface area contributed by atoms with Crippen molar-refractivity contribution in [2.75, 3.05) is 5.75 Å². The molecule has 0 unspecified atom stereocenters. The van der Waals surface area contributed by atoms with Crippen molar-refractivity contribution < 1.29 is 33.2 Å². The fourth-order valence-corrected chi connectivity index (χ4v) is 8.00. The van der Waals surface area contributed by atoms with Crippen LogP contribution in [0, 0.1) is 13.8 Å². The molecule has 0 bridgehead atoms. The average molecular weight is 650 g/mol. The average Bonchev–Trinajstić information content (AvgIpc) is 3.71. The van der Waals surface area contributed by atoms with E-state index in [4.69, 9.17) is 28.4 Å². The van der Waals surface area contributed by atoms with Crippen molar-refractivity contribution in [1.29, 1.82) is 0 Å². The summed E-state index contributed by atoms with van der Waals surface area (Å²) in [6.07, 6.45) is -3.03. The minimum Gasteiger partial charge on any atom is -0.349 e. The van der Waals surface area contributed by atoms with E-state index in [2.05, 4.69) is 9.97 Å². The first-order valence-electron chi connectivity index (χ1n) is 14.7. The van der Waals surface area contributed by atoms with Gasteiger partial charge in [0.2, 0.25) is 5.91 Å². The predicted octanol–water partition coefficient (Wildman–Crippen LogP) is -0.212. The highest BCUT2D eigenvalue weighted by molar-refractivity contribution is 8.01. The highest BCUT2D eigenvalue weighted by Gasteiger charge is 2.61. The minimum atomic E-state index is -1.03. The number of hydrogen-bond acceptors (Lipinski definition) is 12. The molecule has 0 radical (unpaired) electrons. The third-order valence-electron chi connectivity index (χ3n) is 8.68. The van der Waals surface area contributed by atoms with E-state index in [0.29, 0.717) is 11.1 Å². The summed E-state index contributed by atoms with van der Waals surface area (Å²) in [7, 11) is 0. The molecule has 0 aromatic carbocycles. The van der Waals surface area contributed by atoms with Gasteiger partial charge >= 0.3 is 11.4 Å². The van der Waals surface area contributed by atoms with Crippen molar-refractivity contribution in [1.82, 2.24) is 24.0 Å². The second-order valence-corrected chi connectivity index (χ2v) is 14.0. The number of carbonyl (C=O) groups excluding carboxylic acids is 1. The molecule has 17 heteroatoms. The number of aryl methyl sites for hydroxylation is 2. The van der Waals surface area contributed by atoms with Crippen LogP contribution in [0.4, 0.5) is 0 Å². The molecule has 2 aromatic rings. The zero-order valence-electron chi connectivity index (χ0n) is 25.5. The first-order chi connectivity index (χ1) is 21.1. The molecule has 5 fully saturated rings. The molecule has 0 saturated carbocycles. The van der Waals surface area contributed by atoms with Gasteiger partial charge in [0, 0.05) is 29.9 Å². The summed E-state index contributed by atoms with van der Waals surface area (Å²) < 4.78 is 40.2. The van der Waals surface area contributed by atoms with Crippen LogP contribution in [-0.4, -0.2) is 89.4 Å². The van der Waals surface area contributed by atoms with Gasteiger partial charge in [0.1, 0.15) is 24.4 Å². The summed E-state index contributed by atoms with van der Waals surface area (Å²) in [6.45, 7) is 10.2. The van der Waals surface area contributed by atoms with Crippen LogP contribution in [-0.2, 0) is 33.2 Å². The number of amides is 1. The lowest BCUT2D eigenvalue weighted by Crippen LogP contribution is -2.50. The highest BCUT2D eigenvalue weighted by atomic mass is 32.2. The number of H-pyrrole nitrogens is 2. The van der Waals surface area contributed by atoms with Crippen molar-refractivity contribution in [2.45, 2.75) is 114 Å². The number of aromatic amines is 2. The first kappa shape index (κ1) is 30.6. The van der Waals surface area contributed by atoms with Gasteiger partial charge < -0.3 is 33.3 Å². The second kappa shape index (κ2) is 10.5. The van der Waals surface area contributed by atoms with Gasteiger partial charge in [-0.1, -0.05) is 0 Å². The molecule has 1 amide bonds. The SMILES string of the molecule is Cc1cn([C@@H]2O[C@H](C[C@H]3SCC(=O)N3[C@H]3O[C@@H](n4cc(C)c(=O)[nH]c4=O)[C@@H]4OC(C)(C)O[C@@H]43)[C@H]3OC(C)(C)O[C@H]32)c(=O)[nH]c1=O. The Morgan fingerprint density at radius 2 is 1.20 bits per heavy atom. The Morgan fingerprint density at radius 1 is 0.733 bits per heavy atom. The Bertz CT molecular complexity index is 1780. The number of aromatic nitrogens is 4. The van der Waals surface area contributed by atoms with Crippen LogP contribution in [0.2, 0.25) is 0 Å². The molecule has 2 N–H and O–H groups in total. The van der Waals surface area contributed by atoms with E-state index in [0.717, 1.165) is 0 Å². The molecule has 16 nitrogen and oxygen atoms in total. The Kier molecular flexibility index (Phi) is 7.12. The fraction of sp³-hybridized carbons (Fsp3) is 0.679. The predicted molar refractivity (Wildman–Crippen MR) is 155 cm³/mol. The van der Waals surface area contributed by atoms with Gasteiger partial charge in [0.15, 0.2) is 30.3 Å². The lowest BCUT2D eigenvalue weighted by molar-refractivity contribution is -0.219. The number of thioether (sulfide) groups is 1. The Morgan fingerprint density at radius 3 is 1.76 bits per heavy atom. The molecule has 0 aliphatic carbocycles. The molecular formula is C28H35N5O11S. The number of ether oxygens (including phenoxy) is 6. The van der Waals surface area contributed by atoms with Crippen LogP contribution in [0.25, 0.3) is 0 Å². The second-order valence-electron chi connectivity index (χ2n) is 12.9. The fourth-order valence-electron chi connectivity index (χ4n) is 6.80. The maximum Gasteiger partial charge on any atom is 0.330 e. The molecular weight excluding hydrogens is 614 g/mol. The van der Waals surface area contributed by atoms with E-state index < -0.39 is 88.6 Å². The van der Waals surface area contributed by atoms with Crippen molar-refractivity contribution in [3.05, 3.63) is 65.2 Å². The van der Waals surface area contributed by atoms with Gasteiger partial charge in [-0.3, -0.25) is 33.5 Å². The zero-order valence-corrected chi connectivity index (χ0v) is 26.3. The van der Waals surface area contributed by atoms with Crippen LogP contribution >= 0.6 is 11.8 Å². The minimum absolute atomic E-state index is 0.167. The summed E-state index contributed by atoms with van der Waals surface area (Å²) in [5, 5.41) is -0.464. The number of nitrogens with zero attached hydrogens (tertiary/aromatic N) is 3. The molecule has 7 rings (SSSR count). The van der Waals surface area contributed by atoms with Gasteiger partial charge in [-0.05, 0) is 41.5 Å². The van der Waals surface area contributed by atoms with E-state index >= 15 is 0 Å². The largest absolute Gasteiger partial charge is 0.349 e. The Hall–Kier alpha value is -3.06. The first-order valence-corrected chi connectivity index (χ1v) is 15.8. The highest BCUT2D eigenvalue weighted by Crippen LogP contribution is 2.49. The van der Waals surface area contributed by atoms with Crippen LogP contribution in [0.3, 0.4) is 0 Å². The summed E-state index contributed by atoms with van der Waals surface area (Å²) in [4.78, 5) is 69.4. The van der Waals surface area contributed by atoms with Gasteiger partial charge in [0.05, 0.1) is 17.2 Å². The molecule has 7 heterocycles. The lowest BCUT2D eigenvalue weighted by atomic mass is 10.1. The Balaban J connectivity index is 1.19. The number of nitrogens with one attached hydrogen (secondary N) is 2. The quantitative estimate of drug-likeness (QED) is 0.435. The van der Waals surface area contributed by atoms with E-state index in [9.17, 15) is 24.0 Å². The van der Waals surface area contributed by atoms with E-state index in [1.165, 1.54) is 33.3 Å². The number of rotatable bonds is 5. The van der Waals surface area contributed by atoms with E-state index in [-0.39, 0.29) is 18.1 Å². The van der Waals surface area contributed by atoms with Crippen LogP contribution in [0.5, 0.6) is 0 Å². The van der Waals surface area contributed by atoms with Crippen LogP contribution in [0.15, 0.2) is 31.6 Å². The van der Waals surface area contributed by atoms with Crippen molar-refractivity contribution in [2.24, 2.45) is 0 Å². The van der Waals surface area contributed by atoms with Crippen molar-refractivity contribution in [3.63, 3.8) is 0 Å². The van der Waals surface area contributed by atoms with Crippen LogP contribution in [0.1, 0.15) is 57.7 Å². The van der Waals surface area contributed by atoms with Crippen molar-refractivity contribution >= 4 is 17.7 Å². The maximum absolute atomic E-state index is 13.5. The molecule has 0 spiro atoms. The topological polar surface area (TPSA) is 185 Å². The van der Waals surface area contributed by atoms with Gasteiger partial charge in [-0.15, -0.1) is 11.8 Å².